The second-order valence-electron chi connectivity index (χ2n) is 14.5. The first-order chi connectivity index (χ1) is 28.8. The van der Waals surface area contributed by atoms with Crippen LogP contribution in [0.5, 0.6) is 0 Å². The molecule has 0 heterocycles. The van der Waals surface area contributed by atoms with Gasteiger partial charge in [-0.2, -0.15) is 0 Å². The number of hydrogen-bond donors (Lipinski definition) is 0. The van der Waals surface area contributed by atoms with Gasteiger partial charge >= 0.3 is 0 Å². The summed E-state index contributed by atoms with van der Waals surface area (Å²) in [5.41, 5.74) is 12.3. The fourth-order valence-electron chi connectivity index (χ4n) is 8.09. The van der Waals surface area contributed by atoms with Crippen LogP contribution in [0.25, 0.3) is 0 Å². The number of rotatable bonds is 12. The lowest BCUT2D eigenvalue weighted by atomic mass is 10.0. The Kier molecular flexibility index (Phi) is 10.8. The summed E-state index contributed by atoms with van der Waals surface area (Å²) in [7, 11) is 0. The summed E-state index contributed by atoms with van der Waals surface area (Å²) in [6, 6.07) is 69.8. The average molecular weight is 751 g/mol. The van der Waals surface area contributed by atoms with Crippen molar-refractivity contribution in [3.8, 4) is 0 Å². The van der Waals surface area contributed by atoms with Crippen molar-refractivity contribution in [3.63, 3.8) is 0 Å². The number of anilines is 10. The highest BCUT2D eigenvalue weighted by atomic mass is 15.2. The van der Waals surface area contributed by atoms with E-state index in [2.05, 4.69) is 256 Å². The number of benzene rings is 7. The maximum atomic E-state index is 2.45. The average Bonchev–Trinajstić information content (AvgIpc) is 3.30. The van der Waals surface area contributed by atoms with Gasteiger partial charge in [0.15, 0.2) is 0 Å². The zero-order chi connectivity index (χ0) is 38.9. The Bertz CT molecular complexity index is 2560. The van der Waals surface area contributed by atoms with E-state index in [1.165, 1.54) is 11.4 Å². The summed E-state index contributed by atoms with van der Waals surface area (Å²) in [5.74, 6) is 0. The third kappa shape index (κ3) is 7.86. The minimum atomic E-state index is 0.204. The highest BCUT2D eigenvalue weighted by molar-refractivity contribution is 5.85. The van der Waals surface area contributed by atoms with Crippen LogP contribution in [0, 0.1) is 0 Å². The molecule has 0 aromatic heterocycles. The van der Waals surface area contributed by atoms with E-state index in [0.29, 0.717) is 0 Å². The number of allylic oxidation sites excluding steroid dienone is 6. The van der Waals surface area contributed by atoms with Crippen LogP contribution in [0.3, 0.4) is 0 Å². The van der Waals surface area contributed by atoms with Crippen LogP contribution in [0.4, 0.5) is 56.9 Å². The Morgan fingerprint density at radius 2 is 0.759 bits per heavy atom. The highest BCUT2D eigenvalue weighted by Crippen LogP contribution is 2.43. The van der Waals surface area contributed by atoms with Crippen molar-refractivity contribution in [2.45, 2.75) is 25.3 Å². The van der Waals surface area contributed by atoms with Crippen molar-refractivity contribution in [2.24, 2.45) is 0 Å². The Hall–Kier alpha value is -7.30. The lowest BCUT2D eigenvalue weighted by Gasteiger charge is -2.34. The van der Waals surface area contributed by atoms with Gasteiger partial charge in [0.25, 0.3) is 0 Å². The Balaban J connectivity index is 1.15. The van der Waals surface area contributed by atoms with Gasteiger partial charge in [0, 0.05) is 62.6 Å². The Labute approximate surface area is 342 Å². The van der Waals surface area contributed by atoms with Gasteiger partial charge in [-0.3, -0.25) is 0 Å². The molecule has 0 radical (unpaired) electrons. The molecule has 9 rings (SSSR count). The van der Waals surface area contributed by atoms with Gasteiger partial charge in [-0.1, -0.05) is 127 Å². The minimum absolute atomic E-state index is 0.204. The smallest absolute Gasteiger partial charge is 0.0559 e. The van der Waals surface area contributed by atoms with Gasteiger partial charge in [-0.25, -0.2) is 0 Å². The first kappa shape index (κ1) is 36.3. The largest absolute Gasteiger partial charge is 0.334 e. The van der Waals surface area contributed by atoms with Gasteiger partial charge in [-0.05, 0) is 128 Å². The lowest BCUT2D eigenvalue weighted by molar-refractivity contribution is 0.785. The molecule has 0 bridgehead atoms. The molecule has 1 atom stereocenters. The minimum Gasteiger partial charge on any atom is -0.334 e. The number of hydrogen-bond acceptors (Lipinski definition) is 4. The Morgan fingerprint density at radius 1 is 0.345 bits per heavy atom. The summed E-state index contributed by atoms with van der Waals surface area (Å²) in [5, 5.41) is 0. The first-order valence-electron chi connectivity index (χ1n) is 20.2. The van der Waals surface area contributed by atoms with E-state index in [0.717, 1.165) is 70.4 Å². The first-order valence-corrected chi connectivity index (χ1v) is 20.2. The molecule has 0 saturated heterocycles. The summed E-state index contributed by atoms with van der Waals surface area (Å²) >= 11 is 0. The molecule has 0 spiro atoms. The topological polar surface area (TPSA) is 13.0 Å². The highest BCUT2D eigenvalue weighted by Gasteiger charge is 2.23. The van der Waals surface area contributed by atoms with E-state index < -0.39 is 0 Å². The van der Waals surface area contributed by atoms with Crippen molar-refractivity contribution < 1.29 is 0 Å². The van der Waals surface area contributed by atoms with Crippen molar-refractivity contribution in [3.05, 3.63) is 242 Å². The maximum absolute atomic E-state index is 2.45. The predicted molar refractivity (Wildman–Crippen MR) is 246 cm³/mol. The Morgan fingerprint density at radius 3 is 1.21 bits per heavy atom. The van der Waals surface area contributed by atoms with Crippen molar-refractivity contribution in [2.75, 3.05) is 19.6 Å². The van der Waals surface area contributed by atoms with Crippen LogP contribution in [0.1, 0.15) is 19.3 Å². The number of nitrogens with zero attached hydrogens (tertiary/aromatic N) is 4. The molecule has 0 saturated carbocycles. The zero-order valence-corrected chi connectivity index (χ0v) is 32.5. The van der Waals surface area contributed by atoms with Gasteiger partial charge in [0.1, 0.15) is 0 Å². The molecule has 58 heavy (non-hydrogen) atoms. The summed E-state index contributed by atoms with van der Waals surface area (Å²) < 4.78 is 0. The fraction of sp³-hybridized carbons (Fsp3) is 0.0741. The summed E-state index contributed by atoms with van der Waals surface area (Å²) in [4.78, 5) is 9.58. The SMILES string of the molecule is C1=CCCC(N(c2ccccc2)c2cccc(N(c3ccccc3)c3cccc(N(c4ccccc4)c4cccc(N(c5ccccc5)C5C=CC=CC5)c4)c3)c2)=C1. The van der Waals surface area contributed by atoms with E-state index in [1.54, 1.807) is 0 Å². The van der Waals surface area contributed by atoms with E-state index in [1.807, 2.05) is 0 Å². The maximum Gasteiger partial charge on any atom is 0.0559 e. The molecular formula is C54H46N4. The van der Waals surface area contributed by atoms with E-state index in [4.69, 9.17) is 0 Å². The van der Waals surface area contributed by atoms with Crippen LogP contribution >= 0.6 is 0 Å². The van der Waals surface area contributed by atoms with Crippen molar-refractivity contribution in [1.82, 2.24) is 0 Å². The van der Waals surface area contributed by atoms with E-state index in [9.17, 15) is 0 Å². The van der Waals surface area contributed by atoms with Crippen LogP contribution < -0.4 is 19.6 Å². The monoisotopic (exact) mass is 750 g/mol. The standard InChI is InChI=1S/C54H46N4/c1-7-22-43(23-8-1)55(44-24-9-2-10-25-44)49-34-19-36-51(40-49)57(47-30-15-5-16-31-47)53-38-21-39-54(42-53)58(48-32-17-6-18-33-48)52-37-20-35-50(41-52)56(45-26-11-3-12-27-45)46-28-13-4-14-29-46/h1-13,15-24,26-28,30-42,44H,14,25,29H2. The van der Waals surface area contributed by atoms with E-state index in [-0.39, 0.29) is 6.04 Å². The molecule has 2 aliphatic rings. The second kappa shape index (κ2) is 17.2. The lowest BCUT2D eigenvalue weighted by Crippen LogP contribution is -2.29. The van der Waals surface area contributed by atoms with E-state index >= 15 is 0 Å². The summed E-state index contributed by atoms with van der Waals surface area (Å²) in [6.07, 6.45) is 18.5. The van der Waals surface area contributed by atoms with Gasteiger partial charge in [0.05, 0.1) is 6.04 Å². The summed E-state index contributed by atoms with van der Waals surface area (Å²) in [6.45, 7) is 0. The molecule has 7 aromatic carbocycles. The van der Waals surface area contributed by atoms with Gasteiger partial charge in [0.2, 0.25) is 0 Å². The molecule has 0 amide bonds. The van der Waals surface area contributed by atoms with Crippen LogP contribution in [-0.4, -0.2) is 6.04 Å². The van der Waals surface area contributed by atoms with Gasteiger partial charge < -0.3 is 19.6 Å². The fourth-order valence-corrected chi connectivity index (χ4v) is 8.09. The quantitative estimate of drug-likeness (QED) is 0.123. The van der Waals surface area contributed by atoms with Crippen molar-refractivity contribution >= 4 is 56.9 Å². The predicted octanol–water partition coefficient (Wildman–Crippen LogP) is 15.0. The molecule has 4 heteroatoms. The molecule has 2 aliphatic carbocycles. The molecule has 0 aliphatic heterocycles. The molecule has 0 fully saturated rings. The second-order valence-corrected chi connectivity index (χ2v) is 14.5. The molecule has 1 unspecified atom stereocenters. The molecular weight excluding hydrogens is 705 g/mol. The normalized spacial score (nSPS) is 14.4. The third-order valence-electron chi connectivity index (χ3n) is 10.7. The molecule has 7 aromatic rings. The zero-order valence-electron chi connectivity index (χ0n) is 32.5. The van der Waals surface area contributed by atoms with Crippen LogP contribution in [-0.2, 0) is 0 Å². The molecule has 282 valence electrons. The molecule has 0 N–H and O–H groups in total. The molecule has 4 nitrogen and oxygen atoms in total. The third-order valence-corrected chi connectivity index (χ3v) is 10.7. The van der Waals surface area contributed by atoms with Crippen LogP contribution in [0.2, 0.25) is 0 Å². The van der Waals surface area contributed by atoms with Gasteiger partial charge in [-0.15, -0.1) is 0 Å². The number of para-hydroxylation sites is 4. The van der Waals surface area contributed by atoms with Crippen LogP contribution in [0.15, 0.2) is 242 Å². The van der Waals surface area contributed by atoms with Crippen molar-refractivity contribution in [1.29, 1.82) is 0 Å².